The Morgan fingerprint density at radius 3 is 2.48 bits per heavy atom. The molecule has 0 aliphatic carbocycles. The van der Waals surface area contributed by atoms with E-state index in [0.717, 1.165) is 10.1 Å². The summed E-state index contributed by atoms with van der Waals surface area (Å²) >= 11 is 6.01. The third-order valence-electron chi connectivity index (χ3n) is 4.49. The first-order valence-corrected chi connectivity index (χ1v) is 8.92. The zero-order chi connectivity index (χ0) is 19.7. The SMILES string of the molecule is C/C(Cl)=C/Cn1c(N(C)Cc2ccccc2)nc2c1c(=O)n(C)c(=O)n2C. The summed E-state index contributed by atoms with van der Waals surface area (Å²) < 4.78 is 4.29. The van der Waals surface area contributed by atoms with Crippen molar-refractivity contribution in [3.8, 4) is 0 Å². The summed E-state index contributed by atoms with van der Waals surface area (Å²) in [6.07, 6.45) is 1.81. The number of rotatable bonds is 5. The number of aromatic nitrogens is 4. The average Bonchev–Trinajstić information content (AvgIpc) is 3.03. The number of anilines is 1. The Hall–Kier alpha value is -2.80. The lowest BCUT2D eigenvalue weighted by Gasteiger charge is -2.19. The predicted octanol–water partition coefficient (Wildman–Crippen LogP) is 2.21. The molecule has 0 saturated heterocycles. The molecule has 8 heteroatoms. The first-order chi connectivity index (χ1) is 12.8. The van der Waals surface area contributed by atoms with Gasteiger partial charge in [-0.25, -0.2) is 4.79 Å². The summed E-state index contributed by atoms with van der Waals surface area (Å²) in [4.78, 5) is 31.6. The van der Waals surface area contributed by atoms with Crippen LogP contribution in [0.2, 0.25) is 0 Å². The fourth-order valence-electron chi connectivity index (χ4n) is 3.04. The van der Waals surface area contributed by atoms with Crippen LogP contribution in [-0.4, -0.2) is 25.7 Å². The molecule has 1 aromatic carbocycles. The molecule has 0 N–H and O–H groups in total. The van der Waals surface area contributed by atoms with Gasteiger partial charge in [0.2, 0.25) is 5.95 Å². The second-order valence-electron chi connectivity index (χ2n) is 6.53. The molecule has 0 aliphatic rings. The van der Waals surface area contributed by atoms with Gasteiger partial charge in [0.15, 0.2) is 11.2 Å². The van der Waals surface area contributed by atoms with Crippen molar-refractivity contribution in [2.75, 3.05) is 11.9 Å². The highest BCUT2D eigenvalue weighted by molar-refractivity contribution is 6.29. The number of fused-ring (bicyclic) bond motifs is 1. The molecule has 0 amide bonds. The summed E-state index contributed by atoms with van der Waals surface area (Å²) in [6, 6.07) is 9.98. The van der Waals surface area contributed by atoms with Crippen molar-refractivity contribution in [3.05, 3.63) is 67.8 Å². The lowest BCUT2D eigenvalue weighted by molar-refractivity contribution is 0.702. The first kappa shape index (κ1) is 19.0. The first-order valence-electron chi connectivity index (χ1n) is 8.54. The fourth-order valence-corrected chi connectivity index (χ4v) is 3.11. The van der Waals surface area contributed by atoms with Crippen LogP contribution in [0.4, 0.5) is 5.95 Å². The van der Waals surface area contributed by atoms with Crippen molar-refractivity contribution in [3.63, 3.8) is 0 Å². The molecule has 27 heavy (non-hydrogen) atoms. The fraction of sp³-hybridized carbons (Fsp3) is 0.316. The zero-order valence-electron chi connectivity index (χ0n) is 15.8. The van der Waals surface area contributed by atoms with E-state index in [-0.39, 0.29) is 5.56 Å². The number of allylic oxidation sites excluding steroid dienone is 2. The van der Waals surface area contributed by atoms with Crippen molar-refractivity contribution < 1.29 is 0 Å². The number of benzene rings is 1. The normalized spacial score (nSPS) is 12.0. The van der Waals surface area contributed by atoms with Crippen molar-refractivity contribution in [2.24, 2.45) is 14.1 Å². The highest BCUT2D eigenvalue weighted by Crippen LogP contribution is 2.21. The Balaban J connectivity index is 2.21. The summed E-state index contributed by atoms with van der Waals surface area (Å²) in [5.41, 5.74) is 1.07. The van der Waals surface area contributed by atoms with E-state index < -0.39 is 5.69 Å². The lowest BCUT2D eigenvalue weighted by Crippen LogP contribution is -2.37. The molecule has 0 saturated carbocycles. The summed E-state index contributed by atoms with van der Waals surface area (Å²) in [5, 5.41) is 0.621. The number of halogens is 1. The van der Waals surface area contributed by atoms with Crippen molar-refractivity contribution in [1.29, 1.82) is 0 Å². The molecule has 2 aromatic heterocycles. The van der Waals surface area contributed by atoms with Gasteiger partial charge in [-0.05, 0) is 12.5 Å². The van der Waals surface area contributed by atoms with Crippen LogP contribution in [-0.2, 0) is 27.2 Å². The minimum absolute atomic E-state index is 0.360. The largest absolute Gasteiger partial charge is 0.341 e. The van der Waals surface area contributed by atoms with Crippen molar-refractivity contribution >= 4 is 28.7 Å². The summed E-state index contributed by atoms with van der Waals surface area (Å²) in [6.45, 7) is 2.78. The Kier molecular flexibility index (Phi) is 5.23. The second kappa shape index (κ2) is 7.44. The van der Waals surface area contributed by atoms with Crippen LogP contribution in [0.3, 0.4) is 0 Å². The van der Waals surface area contributed by atoms with E-state index in [4.69, 9.17) is 11.6 Å². The number of hydrogen-bond donors (Lipinski definition) is 0. The van der Waals surface area contributed by atoms with Gasteiger partial charge >= 0.3 is 5.69 Å². The molecule has 0 radical (unpaired) electrons. The van der Waals surface area contributed by atoms with Gasteiger partial charge in [0.25, 0.3) is 5.56 Å². The molecule has 0 spiro atoms. The van der Waals surface area contributed by atoms with Crippen LogP contribution < -0.4 is 16.1 Å². The molecule has 0 bridgehead atoms. The van der Waals surface area contributed by atoms with Crippen molar-refractivity contribution in [1.82, 2.24) is 18.7 Å². The minimum Gasteiger partial charge on any atom is -0.341 e. The Labute approximate surface area is 161 Å². The van der Waals surface area contributed by atoms with Crippen LogP contribution in [0.25, 0.3) is 11.2 Å². The van der Waals surface area contributed by atoms with E-state index >= 15 is 0 Å². The van der Waals surface area contributed by atoms with E-state index in [1.54, 1.807) is 18.5 Å². The van der Waals surface area contributed by atoms with E-state index in [2.05, 4.69) is 4.98 Å². The maximum atomic E-state index is 12.8. The maximum Gasteiger partial charge on any atom is 0.332 e. The Bertz CT molecular complexity index is 1120. The van der Waals surface area contributed by atoms with Crippen molar-refractivity contribution in [2.45, 2.75) is 20.0 Å². The van der Waals surface area contributed by atoms with Gasteiger partial charge in [0.05, 0.1) is 0 Å². The molecule has 7 nitrogen and oxygen atoms in total. The molecule has 2 heterocycles. The highest BCUT2D eigenvalue weighted by Gasteiger charge is 2.20. The highest BCUT2D eigenvalue weighted by atomic mass is 35.5. The monoisotopic (exact) mass is 387 g/mol. The van der Waals surface area contributed by atoms with Gasteiger partial charge in [-0.2, -0.15) is 4.98 Å². The Morgan fingerprint density at radius 1 is 1.19 bits per heavy atom. The maximum absolute atomic E-state index is 12.8. The molecular formula is C19H22ClN5O2. The van der Waals surface area contributed by atoms with Gasteiger partial charge in [-0.15, -0.1) is 0 Å². The molecule has 0 unspecified atom stereocenters. The van der Waals surface area contributed by atoms with Gasteiger partial charge in [-0.1, -0.05) is 48.0 Å². The molecular weight excluding hydrogens is 366 g/mol. The van der Waals surface area contributed by atoms with Crippen LogP contribution in [0.15, 0.2) is 51.0 Å². The topological polar surface area (TPSA) is 65.1 Å². The average molecular weight is 388 g/mol. The Morgan fingerprint density at radius 2 is 1.85 bits per heavy atom. The number of aryl methyl sites for hydroxylation is 1. The van der Waals surface area contributed by atoms with E-state index in [0.29, 0.717) is 35.2 Å². The standard InChI is InChI=1S/C19H22ClN5O2/c1-13(20)10-11-25-15-16(23(3)19(27)24(4)17(15)26)21-18(25)22(2)12-14-8-6-5-7-9-14/h5-10H,11-12H2,1-4H3/b13-10-. The smallest absolute Gasteiger partial charge is 0.332 e. The van der Waals surface area contributed by atoms with Crippen LogP contribution in [0, 0.1) is 0 Å². The summed E-state index contributed by atoms with van der Waals surface area (Å²) in [7, 11) is 4.99. The second-order valence-corrected chi connectivity index (χ2v) is 7.13. The predicted molar refractivity (Wildman–Crippen MR) is 108 cm³/mol. The molecule has 3 aromatic rings. The zero-order valence-corrected chi connectivity index (χ0v) is 16.6. The van der Waals surface area contributed by atoms with E-state index in [1.165, 1.54) is 11.6 Å². The van der Waals surface area contributed by atoms with Gasteiger partial charge in [-0.3, -0.25) is 13.9 Å². The minimum atomic E-state index is -0.404. The lowest BCUT2D eigenvalue weighted by atomic mass is 10.2. The number of nitrogens with zero attached hydrogens (tertiary/aromatic N) is 5. The molecule has 0 aliphatic heterocycles. The number of hydrogen-bond acceptors (Lipinski definition) is 4. The van der Waals surface area contributed by atoms with E-state index in [1.807, 2.05) is 48.4 Å². The molecule has 0 fully saturated rings. The van der Waals surface area contributed by atoms with Gasteiger partial charge in [0.1, 0.15) is 0 Å². The van der Waals surface area contributed by atoms with Crippen LogP contribution in [0.5, 0.6) is 0 Å². The summed E-state index contributed by atoms with van der Waals surface area (Å²) in [5.74, 6) is 0.598. The third-order valence-corrected chi connectivity index (χ3v) is 4.64. The van der Waals surface area contributed by atoms with Crippen LogP contribution >= 0.6 is 11.6 Å². The number of imidazole rings is 1. The molecule has 3 rings (SSSR count). The van der Waals surface area contributed by atoms with E-state index in [9.17, 15) is 9.59 Å². The quantitative estimate of drug-likeness (QED) is 0.673. The third kappa shape index (κ3) is 3.55. The molecule has 142 valence electrons. The van der Waals surface area contributed by atoms with Gasteiger partial charge < -0.3 is 9.47 Å². The van der Waals surface area contributed by atoms with Crippen LogP contribution in [0.1, 0.15) is 12.5 Å². The molecule has 0 atom stereocenters. The van der Waals surface area contributed by atoms with Gasteiger partial charge in [0, 0.05) is 39.3 Å².